The smallest absolute Gasteiger partial charge is 0.470 e. The third-order valence-electron chi connectivity index (χ3n) is 5.44. The molecule has 0 unspecified atom stereocenters. The van der Waals surface area contributed by atoms with Gasteiger partial charge in [-0.3, -0.25) is 9.59 Å². The molecule has 2 heterocycles. The van der Waals surface area contributed by atoms with Gasteiger partial charge in [-0.15, -0.1) is 13.2 Å². The lowest BCUT2D eigenvalue weighted by molar-refractivity contribution is -0.274. The summed E-state index contributed by atoms with van der Waals surface area (Å²) in [5.41, 5.74) is 4.76. The van der Waals surface area contributed by atoms with Crippen LogP contribution in [0.1, 0.15) is 36.2 Å². The third-order valence-corrected chi connectivity index (χ3v) is 5.44. The SMILES string of the molecule is CC(C)(O)CNc1ccc(C(N)=O)c(O[C@@H]2CCN(C(=O)Cc3ccc(OC(F)(F)F)cc3)C[C@@H]2F)n1. The number of aliphatic hydroxyl groups is 1. The fraction of sp³-hybridized carbons (Fsp3) is 0.458. The zero-order valence-corrected chi connectivity index (χ0v) is 20.2. The van der Waals surface area contributed by atoms with Gasteiger partial charge in [0.15, 0.2) is 6.17 Å². The zero-order chi connectivity index (χ0) is 27.4. The Hall–Kier alpha value is -3.61. The maximum atomic E-state index is 15.0. The number of alkyl halides is 4. The Kier molecular flexibility index (Phi) is 8.46. The summed E-state index contributed by atoms with van der Waals surface area (Å²) in [5.74, 6) is -1.50. The topological polar surface area (TPSA) is 127 Å². The predicted octanol–water partition coefficient (Wildman–Crippen LogP) is 2.82. The van der Waals surface area contributed by atoms with E-state index in [-0.39, 0.29) is 49.7 Å². The minimum absolute atomic E-state index is 0.0440. The average Bonchev–Trinajstić information content (AvgIpc) is 2.79. The van der Waals surface area contributed by atoms with E-state index in [0.29, 0.717) is 5.56 Å². The van der Waals surface area contributed by atoms with Gasteiger partial charge in [-0.25, -0.2) is 4.39 Å². The summed E-state index contributed by atoms with van der Waals surface area (Å²) >= 11 is 0. The highest BCUT2D eigenvalue weighted by Gasteiger charge is 2.34. The number of nitrogens with two attached hydrogens (primary N) is 1. The molecule has 1 aliphatic rings. The number of hydrogen-bond acceptors (Lipinski definition) is 7. The number of nitrogens with one attached hydrogen (secondary N) is 1. The molecule has 1 saturated heterocycles. The molecule has 1 aromatic heterocycles. The first kappa shape index (κ1) is 28.0. The van der Waals surface area contributed by atoms with Gasteiger partial charge in [-0.1, -0.05) is 12.1 Å². The second kappa shape index (κ2) is 11.2. The summed E-state index contributed by atoms with van der Waals surface area (Å²) in [6.07, 6.45) is -7.45. The van der Waals surface area contributed by atoms with Crippen LogP contribution in [0.2, 0.25) is 0 Å². The number of nitrogens with zero attached hydrogens (tertiary/aromatic N) is 2. The minimum Gasteiger partial charge on any atom is -0.470 e. The fourth-order valence-corrected chi connectivity index (χ4v) is 3.60. The van der Waals surface area contributed by atoms with Crippen LogP contribution in [-0.4, -0.2) is 70.7 Å². The number of pyridine rings is 1. The summed E-state index contributed by atoms with van der Waals surface area (Å²) in [5, 5.41) is 12.8. The van der Waals surface area contributed by atoms with Crippen LogP contribution in [0, 0.1) is 0 Å². The van der Waals surface area contributed by atoms with E-state index < -0.39 is 41.8 Å². The Bertz CT molecular complexity index is 1110. The molecule has 0 aliphatic carbocycles. The average molecular weight is 529 g/mol. The molecule has 1 fully saturated rings. The molecule has 2 amide bonds. The molecular weight excluding hydrogens is 500 g/mol. The van der Waals surface area contributed by atoms with E-state index >= 15 is 0 Å². The normalized spacial score (nSPS) is 18.3. The second-order valence-electron chi connectivity index (χ2n) is 9.25. The number of primary amides is 1. The van der Waals surface area contributed by atoms with Crippen LogP contribution in [0.25, 0.3) is 0 Å². The number of hydrogen-bond donors (Lipinski definition) is 3. The zero-order valence-electron chi connectivity index (χ0n) is 20.2. The second-order valence-corrected chi connectivity index (χ2v) is 9.25. The van der Waals surface area contributed by atoms with Crippen LogP contribution in [0.15, 0.2) is 36.4 Å². The molecule has 0 radical (unpaired) electrons. The van der Waals surface area contributed by atoms with Crippen molar-refractivity contribution in [3.63, 3.8) is 0 Å². The Balaban J connectivity index is 1.60. The molecule has 37 heavy (non-hydrogen) atoms. The van der Waals surface area contributed by atoms with Crippen LogP contribution < -0.4 is 20.5 Å². The number of likely N-dealkylation sites (tertiary alicyclic amines) is 1. The van der Waals surface area contributed by atoms with Gasteiger partial charge in [0.2, 0.25) is 11.8 Å². The van der Waals surface area contributed by atoms with Crippen molar-refractivity contribution in [1.82, 2.24) is 9.88 Å². The molecule has 9 nitrogen and oxygen atoms in total. The van der Waals surface area contributed by atoms with Gasteiger partial charge in [0.1, 0.15) is 23.2 Å². The number of halogens is 4. The molecule has 0 saturated carbocycles. The van der Waals surface area contributed by atoms with E-state index in [1.54, 1.807) is 13.8 Å². The van der Waals surface area contributed by atoms with E-state index in [2.05, 4.69) is 15.0 Å². The van der Waals surface area contributed by atoms with Crippen molar-refractivity contribution in [1.29, 1.82) is 0 Å². The Morgan fingerprint density at radius 2 is 1.86 bits per heavy atom. The van der Waals surface area contributed by atoms with Crippen LogP contribution in [0.3, 0.4) is 0 Å². The Morgan fingerprint density at radius 3 is 2.43 bits per heavy atom. The lowest BCUT2D eigenvalue weighted by Crippen LogP contribution is -2.49. The molecule has 2 atom stereocenters. The van der Waals surface area contributed by atoms with Gasteiger partial charge < -0.3 is 30.5 Å². The van der Waals surface area contributed by atoms with Crippen molar-refractivity contribution in [3.05, 3.63) is 47.5 Å². The summed E-state index contributed by atoms with van der Waals surface area (Å²) in [7, 11) is 0. The highest BCUT2D eigenvalue weighted by Crippen LogP contribution is 2.26. The maximum absolute atomic E-state index is 15.0. The standard InChI is InChI=1S/C24H28F4N4O5/c1-23(2,35)13-30-19-8-7-16(21(29)34)22(31-19)36-18-9-10-32(12-17(18)25)20(33)11-14-3-5-15(6-4-14)37-24(26,27)28/h3-8,17-18,35H,9-13H2,1-2H3,(H2,29,34)(H,30,31)/t17-,18+/m0/s1. The van der Waals surface area contributed by atoms with E-state index in [0.717, 1.165) is 12.1 Å². The van der Waals surface area contributed by atoms with Gasteiger partial charge >= 0.3 is 6.36 Å². The Morgan fingerprint density at radius 1 is 1.19 bits per heavy atom. The molecule has 0 bridgehead atoms. The highest BCUT2D eigenvalue weighted by atomic mass is 19.4. The molecule has 13 heteroatoms. The van der Waals surface area contributed by atoms with Crippen molar-refractivity contribution in [3.8, 4) is 11.6 Å². The lowest BCUT2D eigenvalue weighted by Gasteiger charge is -2.34. The molecule has 2 aromatic rings. The van der Waals surface area contributed by atoms with E-state index in [1.807, 2.05) is 0 Å². The monoisotopic (exact) mass is 528 g/mol. The highest BCUT2D eigenvalue weighted by molar-refractivity contribution is 5.95. The van der Waals surface area contributed by atoms with Crippen LogP contribution in [-0.2, 0) is 11.2 Å². The number of carbonyl (C=O) groups is 2. The van der Waals surface area contributed by atoms with Gasteiger partial charge in [0.05, 0.1) is 18.6 Å². The van der Waals surface area contributed by atoms with Crippen LogP contribution >= 0.6 is 0 Å². The summed E-state index contributed by atoms with van der Waals surface area (Å²) in [6, 6.07) is 7.72. The third kappa shape index (κ3) is 8.48. The number of piperidine rings is 1. The fourth-order valence-electron chi connectivity index (χ4n) is 3.60. The quantitative estimate of drug-likeness (QED) is 0.427. The van der Waals surface area contributed by atoms with Crippen molar-refractivity contribution < 1.29 is 41.7 Å². The van der Waals surface area contributed by atoms with Crippen molar-refractivity contribution in [2.75, 3.05) is 25.0 Å². The summed E-state index contributed by atoms with van der Waals surface area (Å²) < 4.78 is 61.4. The molecule has 3 rings (SSSR count). The number of benzene rings is 1. The van der Waals surface area contributed by atoms with E-state index in [1.165, 1.54) is 29.2 Å². The number of anilines is 1. The van der Waals surface area contributed by atoms with Crippen molar-refractivity contribution in [2.24, 2.45) is 5.73 Å². The molecular formula is C24H28F4N4O5. The number of ether oxygens (including phenoxy) is 2. The molecule has 202 valence electrons. The number of rotatable bonds is 9. The number of aromatic nitrogens is 1. The number of amides is 2. The first-order valence-corrected chi connectivity index (χ1v) is 11.4. The summed E-state index contributed by atoms with van der Waals surface area (Å²) in [4.78, 5) is 29.9. The largest absolute Gasteiger partial charge is 0.573 e. The van der Waals surface area contributed by atoms with Gasteiger partial charge in [-0.05, 0) is 43.7 Å². The van der Waals surface area contributed by atoms with E-state index in [4.69, 9.17) is 10.5 Å². The number of carbonyl (C=O) groups excluding carboxylic acids is 2. The van der Waals surface area contributed by atoms with Gasteiger partial charge in [-0.2, -0.15) is 4.98 Å². The first-order valence-electron chi connectivity index (χ1n) is 11.4. The van der Waals surface area contributed by atoms with Crippen molar-refractivity contribution in [2.45, 2.75) is 50.9 Å². The predicted molar refractivity (Wildman–Crippen MR) is 125 cm³/mol. The molecule has 0 spiro atoms. The van der Waals surface area contributed by atoms with Crippen LogP contribution in [0.4, 0.5) is 23.4 Å². The lowest BCUT2D eigenvalue weighted by atomic mass is 10.0. The molecule has 4 N–H and O–H groups in total. The van der Waals surface area contributed by atoms with Crippen molar-refractivity contribution >= 4 is 17.6 Å². The van der Waals surface area contributed by atoms with E-state index in [9.17, 15) is 32.3 Å². The summed E-state index contributed by atoms with van der Waals surface area (Å²) in [6.45, 7) is 3.22. The Labute approximate surface area is 210 Å². The maximum Gasteiger partial charge on any atom is 0.573 e. The van der Waals surface area contributed by atoms with Crippen LogP contribution in [0.5, 0.6) is 11.6 Å². The van der Waals surface area contributed by atoms with Gasteiger partial charge in [0.25, 0.3) is 5.91 Å². The molecule has 1 aromatic carbocycles. The molecule has 1 aliphatic heterocycles. The minimum atomic E-state index is -4.82. The first-order chi connectivity index (χ1) is 17.2. The van der Waals surface area contributed by atoms with Gasteiger partial charge in [0, 0.05) is 19.5 Å².